The molecule has 2 heterocycles. The lowest BCUT2D eigenvalue weighted by molar-refractivity contribution is 0.101. The Kier molecular flexibility index (Phi) is 7.95. The zero-order valence-corrected chi connectivity index (χ0v) is 20.8. The number of pyridine rings is 1. The van der Waals surface area contributed by atoms with E-state index in [0.29, 0.717) is 17.2 Å². The van der Waals surface area contributed by atoms with Crippen LogP contribution in [-0.4, -0.2) is 23.1 Å². The van der Waals surface area contributed by atoms with Crippen LogP contribution in [0.3, 0.4) is 0 Å². The number of amides is 1. The highest BCUT2D eigenvalue weighted by Crippen LogP contribution is 2.37. The van der Waals surface area contributed by atoms with E-state index in [4.69, 9.17) is 25.2 Å². The van der Waals surface area contributed by atoms with E-state index in [1.54, 1.807) is 13.2 Å². The van der Waals surface area contributed by atoms with Gasteiger partial charge in [0.2, 0.25) is 0 Å². The largest absolute Gasteiger partial charge is 0.503 e. The van der Waals surface area contributed by atoms with E-state index in [-0.39, 0.29) is 23.0 Å². The first kappa shape index (κ1) is 25.3. The molecule has 0 spiro atoms. The fourth-order valence-electron chi connectivity index (χ4n) is 4.52. The Bertz CT molecular complexity index is 1360. The first-order chi connectivity index (χ1) is 17.4. The predicted molar refractivity (Wildman–Crippen MR) is 135 cm³/mol. The summed E-state index contributed by atoms with van der Waals surface area (Å²) in [5.41, 5.74) is 1.51. The number of hydrogen-bond acceptors (Lipinski definition) is 7. The molecule has 4 rings (SSSR count). The molecule has 0 radical (unpaired) electrons. The molecule has 1 fully saturated rings. The summed E-state index contributed by atoms with van der Waals surface area (Å²) in [5, 5.41) is 13.3. The minimum atomic E-state index is -0.819. The zero-order chi connectivity index (χ0) is 25.7. The molecule has 8 nitrogen and oxygen atoms in total. The monoisotopic (exact) mass is 510 g/mol. The minimum absolute atomic E-state index is 0.0761. The van der Waals surface area contributed by atoms with E-state index >= 15 is 0 Å². The number of nitrogens with zero attached hydrogens (tertiary/aromatic N) is 1. The van der Waals surface area contributed by atoms with Gasteiger partial charge in [0.05, 0.1) is 13.4 Å². The van der Waals surface area contributed by atoms with Crippen LogP contribution in [0.1, 0.15) is 64.5 Å². The molecule has 1 saturated carbocycles. The van der Waals surface area contributed by atoms with E-state index in [0.717, 1.165) is 48.6 Å². The van der Waals surface area contributed by atoms with Gasteiger partial charge in [-0.25, -0.2) is 9.78 Å². The number of anilines is 1. The summed E-state index contributed by atoms with van der Waals surface area (Å²) in [5.74, 6) is -0.498. The van der Waals surface area contributed by atoms with Crippen LogP contribution in [0.5, 0.6) is 11.5 Å². The number of aromatic nitrogens is 1. The van der Waals surface area contributed by atoms with Crippen molar-refractivity contribution in [1.29, 1.82) is 0 Å². The SMILES string of the molecule is COc1ccnc(C(=O)Nc2cocc(Cc3ccc(Cl)cc3)c(C3CCCC3)c(C)oc2=O)c1O. The highest BCUT2D eigenvalue weighted by molar-refractivity contribution is 6.30. The maximum Gasteiger partial charge on any atom is 0.363 e. The normalized spacial score (nSPS) is 13.3. The van der Waals surface area contributed by atoms with Crippen LogP contribution >= 0.6 is 11.6 Å². The molecule has 3 aromatic rings. The van der Waals surface area contributed by atoms with Gasteiger partial charge in [0.15, 0.2) is 22.9 Å². The van der Waals surface area contributed by atoms with Crippen LogP contribution in [0.4, 0.5) is 5.69 Å². The molecule has 0 unspecified atom stereocenters. The zero-order valence-electron chi connectivity index (χ0n) is 20.0. The number of benzene rings is 1. The molecule has 2 N–H and O–H groups in total. The number of nitrogens with one attached hydrogen (secondary N) is 1. The van der Waals surface area contributed by atoms with Crippen LogP contribution < -0.4 is 15.7 Å². The number of halogens is 1. The van der Waals surface area contributed by atoms with Gasteiger partial charge in [0, 0.05) is 29.3 Å². The van der Waals surface area contributed by atoms with Crippen molar-refractivity contribution in [3.63, 3.8) is 0 Å². The van der Waals surface area contributed by atoms with Crippen molar-refractivity contribution in [2.24, 2.45) is 0 Å². The summed E-state index contributed by atoms with van der Waals surface area (Å²) < 4.78 is 16.4. The highest BCUT2D eigenvalue weighted by Gasteiger charge is 2.23. The van der Waals surface area contributed by atoms with E-state index in [2.05, 4.69) is 10.3 Å². The van der Waals surface area contributed by atoms with Gasteiger partial charge in [0.1, 0.15) is 12.0 Å². The standard InChI is InChI=1S/C27H27ClN2O6/c1-16-23(18-5-3-4-6-18)19(13-17-7-9-20(28)10-8-17)14-35-15-21(27(33)36-16)30-26(32)24-25(31)22(34-2)11-12-29-24/h7-12,14-15,18,31H,3-6,13H2,1-2H3,(H,30,32). The molecular formula is C27H27ClN2O6. The molecule has 9 heteroatoms. The lowest BCUT2D eigenvalue weighted by Gasteiger charge is -2.15. The quantitative estimate of drug-likeness (QED) is 0.422. The number of hydrogen-bond donors (Lipinski definition) is 2. The van der Waals surface area contributed by atoms with Crippen molar-refractivity contribution < 1.29 is 23.5 Å². The number of rotatable bonds is 6. The molecule has 0 aliphatic heterocycles. The van der Waals surface area contributed by atoms with Crippen LogP contribution in [0.15, 0.2) is 62.7 Å². The van der Waals surface area contributed by atoms with Gasteiger partial charge < -0.3 is 24.0 Å². The third-order valence-corrected chi connectivity index (χ3v) is 6.48. The van der Waals surface area contributed by atoms with E-state index in [9.17, 15) is 14.7 Å². The van der Waals surface area contributed by atoms with Crippen LogP contribution in [0.25, 0.3) is 0 Å². The smallest absolute Gasteiger partial charge is 0.363 e. The Balaban J connectivity index is 1.77. The number of carbonyl (C=O) groups excluding carboxylic acids is 1. The molecular weight excluding hydrogens is 484 g/mol. The van der Waals surface area contributed by atoms with E-state index < -0.39 is 17.3 Å². The summed E-state index contributed by atoms with van der Waals surface area (Å²) >= 11 is 6.05. The van der Waals surface area contributed by atoms with Crippen molar-refractivity contribution in [1.82, 2.24) is 4.98 Å². The Morgan fingerprint density at radius 2 is 1.92 bits per heavy atom. The van der Waals surface area contributed by atoms with Crippen molar-refractivity contribution in [3.05, 3.63) is 92.6 Å². The molecule has 188 valence electrons. The van der Waals surface area contributed by atoms with Gasteiger partial charge in [0.25, 0.3) is 5.91 Å². The van der Waals surface area contributed by atoms with Crippen molar-refractivity contribution in [2.75, 3.05) is 12.4 Å². The molecule has 2 aromatic heterocycles. The highest BCUT2D eigenvalue weighted by atomic mass is 35.5. The van der Waals surface area contributed by atoms with Crippen molar-refractivity contribution in [3.8, 4) is 11.5 Å². The van der Waals surface area contributed by atoms with E-state index in [1.807, 2.05) is 24.3 Å². The number of carbonyl (C=O) groups is 1. The van der Waals surface area contributed by atoms with Crippen LogP contribution in [0.2, 0.25) is 5.02 Å². The fourth-order valence-corrected chi connectivity index (χ4v) is 4.65. The van der Waals surface area contributed by atoms with Crippen LogP contribution in [0, 0.1) is 6.92 Å². The number of ether oxygens (including phenoxy) is 1. The van der Waals surface area contributed by atoms with Gasteiger partial charge >= 0.3 is 5.63 Å². The van der Waals surface area contributed by atoms with E-state index in [1.165, 1.54) is 19.4 Å². The summed E-state index contributed by atoms with van der Waals surface area (Å²) in [4.78, 5) is 29.7. The first-order valence-electron chi connectivity index (χ1n) is 11.6. The molecule has 1 aliphatic carbocycles. The number of aromatic hydroxyl groups is 1. The molecule has 1 aliphatic rings. The van der Waals surface area contributed by atoms with Gasteiger partial charge in [-0.05, 0) is 48.9 Å². The lowest BCUT2D eigenvalue weighted by Crippen LogP contribution is -2.18. The molecule has 0 saturated heterocycles. The lowest BCUT2D eigenvalue weighted by atomic mass is 9.91. The maximum absolute atomic E-state index is 13.0. The Morgan fingerprint density at radius 1 is 1.19 bits per heavy atom. The van der Waals surface area contributed by atoms with Gasteiger partial charge in [-0.1, -0.05) is 36.6 Å². The fraction of sp³-hybridized carbons (Fsp3) is 0.296. The summed E-state index contributed by atoms with van der Waals surface area (Å²) in [7, 11) is 1.35. The Morgan fingerprint density at radius 3 is 2.61 bits per heavy atom. The Hall–Kier alpha value is -3.78. The second kappa shape index (κ2) is 11.3. The van der Waals surface area contributed by atoms with Gasteiger partial charge in [-0.3, -0.25) is 4.79 Å². The molecule has 1 amide bonds. The number of aryl methyl sites for hydroxylation is 1. The third kappa shape index (κ3) is 5.71. The topological polar surface area (TPSA) is 115 Å². The molecule has 1 aromatic carbocycles. The maximum atomic E-state index is 13.0. The average molecular weight is 511 g/mol. The minimum Gasteiger partial charge on any atom is -0.503 e. The molecule has 0 atom stereocenters. The van der Waals surface area contributed by atoms with Crippen LogP contribution in [-0.2, 0) is 6.42 Å². The van der Waals surface area contributed by atoms with Crippen molar-refractivity contribution in [2.45, 2.75) is 44.9 Å². The van der Waals surface area contributed by atoms with Gasteiger partial charge in [-0.2, -0.15) is 0 Å². The third-order valence-electron chi connectivity index (χ3n) is 6.23. The molecule has 36 heavy (non-hydrogen) atoms. The second-order valence-electron chi connectivity index (χ2n) is 8.62. The average Bonchev–Trinajstić information content (AvgIpc) is 3.39. The Labute approximate surface area is 213 Å². The number of methoxy groups -OCH3 is 1. The predicted octanol–water partition coefficient (Wildman–Crippen LogP) is 5.93. The van der Waals surface area contributed by atoms with Gasteiger partial charge in [-0.15, -0.1) is 0 Å². The summed E-state index contributed by atoms with van der Waals surface area (Å²) in [6.07, 6.45) is 8.73. The van der Waals surface area contributed by atoms with Crippen molar-refractivity contribution >= 4 is 23.2 Å². The molecule has 0 bridgehead atoms. The summed E-state index contributed by atoms with van der Waals surface area (Å²) in [6.45, 7) is 1.75. The summed E-state index contributed by atoms with van der Waals surface area (Å²) in [6, 6.07) is 8.95. The first-order valence-corrected chi connectivity index (χ1v) is 12.0. The second-order valence-corrected chi connectivity index (χ2v) is 9.06.